The third kappa shape index (κ3) is 5.23. The zero-order chi connectivity index (χ0) is 22.4. The Morgan fingerprint density at radius 2 is 1.87 bits per heavy atom. The quantitative estimate of drug-likeness (QED) is 0.625. The fraction of sp³-hybridized carbons (Fsp3) is 0.364. The predicted octanol–water partition coefficient (Wildman–Crippen LogP) is 2.01. The van der Waals surface area contributed by atoms with E-state index in [1.807, 2.05) is 24.3 Å². The van der Waals surface area contributed by atoms with Crippen LogP contribution in [0.5, 0.6) is 0 Å². The minimum absolute atomic E-state index is 0.0415. The maximum Gasteiger partial charge on any atom is 0.338 e. The Kier molecular flexibility index (Phi) is 7.29. The van der Waals surface area contributed by atoms with Crippen LogP contribution in [-0.4, -0.2) is 57.3 Å². The van der Waals surface area contributed by atoms with E-state index in [4.69, 9.17) is 4.74 Å². The van der Waals surface area contributed by atoms with E-state index in [0.717, 1.165) is 28.6 Å². The minimum atomic E-state index is -3.88. The lowest BCUT2D eigenvalue weighted by Gasteiger charge is -2.26. The highest BCUT2D eigenvalue weighted by molar-refractivity contribution is 7.89. The molecule has 8 nitrogen and oxygen atoms in total. The Bertz CT molecular complexity index is 1050. The molecule has 0 unspecified atom stereocenters. The van der Waals surface area contributed by atoms with Crippen molar-refractivity contribution in [1.82, 2.24) is 9.62 Å². The van der Waals surface area contributed by atoms with Crippen LogP contribution in [0.1, 0.15) is 29.8 Å². The maximum absolute atomic E-state index is 12.9. The van der Waals surface area contributed by atoms with Crippen molar-refractivity contribution < 1.29 is 22.7 Å². The highest BCUT2D eigenvalue weighted by atomic mass is 32.2. The number of sulfonamides is 1. The van der Waals surface area contributed by atoms with Crippen LogP contribution in [-0.2, 0) is 26.2 Å². The Morgan fingerprint density at radius 1 is 1.13 bits per heavy atom. The van der Waals surface area contributed by atoms with Crippen molar-refractivity contribution >= 4 is 27.6 Å². The molecule has 1 fully saturated rings. The number of rotatable bonds is 8. The van der Waals surface area contributed by atoms with Gasteiger partial charge in [-0.05, 0) is 38.1 Å². The van der Waals surface area contributed by atoms with Crippen LogP contribution in [0.2, 0.25) is 0 Å². The summed E-state index contributed by atoms with van der Waals surface area (Å²) in [5, 5.41) is 2.60. The zero-order valence-corrected chi connectivity index (χ0v) is 18.5. The SMILES string of the molecule is CCN(CC)c1ccccc1COC(=O)c1cccc(S(=O)(=O)N2CCNC(=O)C2)c1. The van der Waals surface area contributed by atoms with Gasteiger partial charge in [-0.25, -0.2) is 13.2 Å². The highest BCUT2D eigenvalue weighted by Gasteiger charge is 2.29. The maximum atomic E-state index is 12.9. The highest BCUT2D eigenvalue weighted by Crippen LogP contribution is 2.22. The molecular weight excluding hydrogens is 418 g/mol. The summed E-state index contributed by atoms with van der Waals surface area (Å²) in [6.45, 7) is 6.06. The molecule has 1 amide bonds. The summed E-state index contributed by atoms with van der Waals surface area (Å²) in [7, 11) is -3.88. The third-order valence-electron chi connectivity index (χ3n) is 5.17. The number of piperazine rings is 1. The molecule has 0 saturated carbocycles. The fourth-order valence-corrected chi connectivity index (χ4v) is 4.93. The average molecular weight is 446 g/mol. The number of nitrogens with one attached hydrogen (secondary N) is 1. The summed E-state index contributed by atoms with van der Waals surface area (Å²) in [6.07, 6.45) is 0. The minimum Gasteiger partial charge on any atom is -0.457 e. The second-order valence-corrected chi connectivity index (χ2v) is 9.03. The fourth-order valence-electron chi connectivity index (χ4n) is 3.49. The van der Waals surface area contributed by atoms with E-state index in [1.54, 1.807) is 0 Å². The normalized spacial score (nSPS) is 14.7. The van der Waals surface area contributed by atoms with Gasteiger partial charge < -0.3 is 15.0 Å². The van der Waals surface area contributed by atoms with E-state index >= 15 is 0 Å². The summed E-state index contributed by atoms with van der Waals surface area (Å²) in [4.78, 5) is 26.3. The van der Waals surface area contributed by atoms with Crippen molar-refractivity contribution in [2.24, 2.45) is 0 Å². The number of carbonyl (C=O) groups is 2. The van der Waals surface area contributed by atoms with E-state index < -0.39 is 16.0 Å². The van der Waals surface area contributed by atoms with Gasteiger partial charge in [-0.3, -0.25) is 4.79 Å². The van der Waals surface area contributed by atoms with E-state index in [2.05, 4.69) is 24.1 Å². The molecule has 1 saturated heterocycles. The van der Waals surface area contributed by atoms with Gasteiger partial charge in [-0.2, -0.15) is 4.31 Å². The summed E-state index contributed by atoms with van der Waals surface area (Å²) in [5.74, 6) is -0.958. The van der Waals surface area contributed by atoms with Crippen molar-refractivity contribution in [3.63, 3.8) is 0 Å². The molecule has 0 bridgehead atoms. The number of hydrogen-bond donors (Lipinski definition) is 1. The molecule has 0 aromatic heterocycles. The number of benzene rings is 2. The molecule has 1 N–H and O–H groups in total. The molecule has 9 heteroatoms. The summed E-state index contributed by atoms with van der Waals surface area (Å²) >= 11 is 0. The molecule has 0 radical (unpaired) electrons. The lowest BCUT2D eigenvalue weighted by molar-refractivity contribution is -0.122. The zero-order valence-electron chi connectivity index (χ0n) is 17.7. The molecular formula is C22H27N3O5S. The Morgan fingerprint density at radius 3 is 2.58 bits per heavy atom. The molecule has 0 aliphatic carbocycles. The number of carbonyl (C=O) groups excluding carboxylic acids is 2. The predicted molar refractivity (Wildman–Crippen MR) is 117 cm³/mol. The van der Waals surface area contributed by atoms with Crippen LogP contribution in [0.4, 0.5) is 5.69 Å². The largest absolute Gasteiger partial charge is 0.457 e. The third-order valence-corrected chi connectivity index (χ3v) is 7.01. The monoisotopic (exact) mass is 445 g/mol. The standard InChI is InChI=1S/C22H27N3O5S/c1-3-24(4-2)20-11-6-5-8-18(20)16-30-22(27)17-9-7-10-19(14-17)31(28,29)25-13-12-23-21(26)15-25/h5-11,14H,3-4,12-13,15-16H2,1-2H3,(H,23,26). The summed E-state index contributed by atoms with van der Waals surface area (Å²) in [5.41, 5.74) is 2.02. The van der Waals surface area contributed by atoms with Crippen LogP contribution < -0.4 is 10.2 Å². The second-order valence-electron chi connectivity index (χ2n) is 7.09. The molecule has 0 atom stereocenters. The summed E-state index contributed by atoms with van der Waals surface area (Å²) in [6, 6.07) is 13.4. The average Bonchev–Trinajstić information content (AvgIpc) is 2.79. The molecule has 166 valence electrons. The number of amides is 1. The van der Waals surface area contributed by atoms with Crippen molar-refractivity contribution in [2.45, 2.75) is 25.3 Å². The molecule has 1 aliphatic heterocycles. The van der Waals surface area contributed by atoms with Crippen molar-refractivity contribution in [1.29, 1.82) is 0 Å². The van der Waals surface area contributed by atoms with Gasteiger partial charge in [0.05, 0.1) is 17.0 Å². The first-order valence-corrected chi connectivity index (χ1v) is 11.7. The van der Waals surface area contributed by atoms with Gasteiger partial charge in [0.2, 0.25) is 15.9 Å². The molecule has 3 rings (SSSR count). The van der Waals surface area contributed by atoms with Gasteiger partial charge in [0.1, 0.15) is 6.61 Å². The van der Waals surface area contributed by atoms with Crippen LogP contribution in [0.3, 0.4) is 0 Å². The Labute approximate surface area is 182 Å². The lowest BCUT2D eigenvalue weighted by atomic mass is 10.1. The molecule has 0 spiro atoms. The number of ether oxygens (including phenoxy) is 1. The molecule has 31 heavy (non-hydrogen) atoms. The number of esters is 1. The Hall–Kier alpha value is -2.91. The lowest BCUT2D eigenvalue weighted by Crippen LogP contribution is -2.49. The van der Waals surface area contributed by atoms with E-state index in [-0.39, 0.29) is 42.6 Å². The van der Waals surface area contributed by atoms with Crippen LogP contribution in [0, 0.1) is 0 Å². The van der Waals surface area contributed by atoms with Gasteiger partial charge in [0, 0.05) is 37.4 Å². The molecule has 1 aliphatic rings. The van der Waals surface area contributed by atoms with Crippen LogP contribution >= 0.6 is 0 Å². The first-order valence-electron chi connectivity index (χ1n) is 10.2. The van der Waals surface area contributed by atoms with E-state index in [0.29, 0.717) is 0 Å². The van der Waals surface area contributed by atoms with E-state index in [9.17, 15) is 18.0 Å². The van der Waals surface area contributed by atoms with Crippen molar-refractivity contribution in [3.05, 3.63) is 59.7 Å². The number of para-hydroxylation sites is 1. The van der Waals surface area contributed by atoms with Crippen LogP contribution in [0.25, 0.3) is 0 Å². The first kappa shape index (κ1) is 22.8. The molecule has 2 aromatic rings. The number of nitrogens with zero attached hydrogens (tertiary/aromatic N) is 2. The Balaban J connectivity index is 1.75. The number of anilines is 1. The van der Waals surface area contributed by atoms with Crippen molar-refractivity contribution in [3.8, 4) is 0 Å². The summed E-state index contributed by atoms with van der Waals surface area (Å²) < 4.78 is 32.3. The van der Waals surface area contributed by atoms with Gasteiger partial charge in [-0.1, -0.05) is 24.3 Å². The first-order chi connectivity index (χ1) is 14.9. The van der Waals surface area contributed by atoms with Gasteiger partial charge in [0.15, 0.2) is 0 Å². The van der Waals surface area contributed by atoms with Gasteiger partial charge >= 0.3 is 5.97 Å². The number of hydrogen-bond acceptors (Lipinski definition) is 6. The van der Waals surface area contributed by atoms with Crippen molar-refractivity contribution in [2.75, 3.05) is 37.6 Å². The molecule has 1 heterocycles. The van der Waals surface area contributed by atoms with Crippen LogP contribution in [0.15, 0.2) is 53.4 Å². The molecule has 2 aromatic carbocycles. The second kappa shape index (κ2) is 9.93. The van der Waals surface area contributed by atoms with Gasteiger partial charge in [-0.15, -0.1) is 0 Å². The van der Waals surface area contributed by atoms with E-state index in [1.165, 1.54) is 24.3 Å². The smallest absolute Gasteiger partial charge is 0.338 e. The topological polar surface area (TPSA) is 96.0 Å². The van der Waals surface area contributed by atoms with Gasteiger partial charge in [0.25, 0.3) is 0 Å².